The molecule has 0 fully saturated rings. The number of aromatic nitrogens is 7. The third kappa shape index (κ3) is 7.74. The van der Waals surface area contributed by atoms with Crippen molar-refractivity contribution in [2.75, 3.05) is 0 Å². The first-order chi connectivity index (χ1) is 19.4. The first-order valence-corrected chi connectivity index (χ1v) is 14.9. The Bertz CT molecular complexity index is 1330. The van der Waals surface area contributed by atoms with Crippen LogP contribution in [0.1, 0.15) is 98.9 Å². The third-order valence-corrected chi connectivity index (χ3v) is 7.43. The van der Waals surface area contributed by atoms with E-state index in [-0.39, 0.29) is 0 Å². The molecule has 0 aliphatic rings. The van der Waals surface area contributed by atoms with Crippen LogP contribution in [-0.2, 0) is 12.8 Å². The van der Waals surface area contributed by atoms with E-state index in [1.807, 2.05) is 40.1 Å². The zero-order valence-corrected chi connectivity index (χ0v) is 25.1. The molecule has 40 heavy (non-hydrogen) atoms. The summed E-state index contributed by atoms with van der Waals surface area (Å²) in [5, 5.41) is 0. The van der Waals surface area contributed by atoms with Crippen LogP contribution in [0, 0.1) is 27.7 Å². The second-order valence-corrected chi connectivity index (χ2v) is 10.9. The molecule has 3 heterocycles. The summed E-state index contributed by atoms with van der Waals surface area (Å²) < 4.78 is 0. The van der Waals surface area contributed by atoms with Gasteiger partial charge in [-0.1, -0.05) is 58.4 Å². The van der Waals surface area contributed by atoms with Crippen molar-refractivity contribution in [3.63, 3.8) is 0 Å². The normalized spacial score (nSPS) is 11.2. The van der Waals surface area contributed by atoms with Gasteiger partial charge in [-0.15, -0.1) is 0 Å². The van der Waals surface area contributed by atoms with Gasteiger partial charge in [0.2, 0.25) is 11.6 Å². The highest BCUT2D eigenvalue weighted by Gasteiger charge is 2.17. The molecule has 0 aliphatic carbocycles. The van der Waals surface area contributed by atoms with Crippen molar-refractivity contribution in [3.05, 3.63) is 64.2 Å². The number of hydrogen-bond acceptors (Lipinski definition) is 7. The largest absolute Gasteiger partial charge is 0.233 e. The van der Waals surface area contributed by atoms with Crippen molar-refractivity contribution in [1.29, 1.82) is 0 Å². The lowest BCUT2D eigenvalue weighted by Gasteiger charge is -2.12. The van der Waals surface area contributed by atoms with E-state index in [0.29, 0.717) is 29.1 Å². The molecule has 4 aromatic rings. The van der Waals surface area contributed by atoms with E-state index in [1.54, 1.807) is 0 Å². The summed E-state index contributed by atoms with van der Waals surface area (Å²) in [7, 11) is 0. The van der Waals surface area contributed by atoms with Crippen LogP contribution in [-0.4, -0.2) is 34.9 Å². The van der Waals surface area contributed by atoms with E-state index in [1.165, 1.54) is 62.5 Å². The van der Waals surface area contributed by atoms with E-state index in [9.17, 15) is 0 Å². The van der Waals surface area contributed by atoms with E-state index in [0.717, 1.165) is 40.9 Å². The van der Waals surface area contributed by atoms with E-state index >= 15 is 0 Å². The maximum atomic E-state index is 4.91. The summed E-state index contributed by atoms with van der Waals surface area (Å²) in [5.74, 6) is 2.43. The van der Waals surface area contributed by atoms with Crippen LogP contribution in [0.15, 0.2) is 30.6 Å². The van der Waals surface area contributed by atoms with Gasteiger partial charge < -0.3 is 0 Å². The molecule has 0 atom stereocenters. The summed E-state index contributed by atoms with van der Waals surface area (Å²) in [4.78, 5) is 33.1. The molecule has 0 amide bonds. The van der Waals surface area contributed by atoms with Gasteiger partial charge in [0.1, 0.15) is 0 Å². The maximum Gasteiger partial charge on any atom is 0.201 e. The minimum absolute atomic E-state index is 0.433. The van der Waals surface area contributed by atoms with Gasteiger partial charge in [-0.3, -0.25) is 0 Å². The Labute approximate surface area is 239 Å². The first-order valence-electron chi connectivity index (χ1n) is 14.9. The fraction of sp³-hybridized carbons (Fsp3) is 0.485. The van der Waals surface area contributed by atoms with Gasteiger partial charge in [0.25, 0.3) is 0 Å². The number of benzene rings is 1. The lowest BCUT2D eigenvalue weighted by atomic mass is 9.97. The fourth-order valence-electron chi connectivity index (χ4n) is 4.67. The number of nitrogens with zero attached hydrogens (tertiary/aromatic N) is 7. The highest BCUT2D eigenvalue weighted by molar-refractivity contribution is 5.63. The van der Waals surface area contributed by atoms with E-state index < -0.39 is 0 Å². The van der Waals surface area contributed by atoms with Crippen LogP contribution in [0.5, 0.6) is 0 Å². The maximum absolute atomic E-state index is 4.91. The van der Waals surface area contributed by atoms with Gasteiger partial charge in [0.05, 0.1) is 0 Å². The zero-order chi connectivity index (χ0) is 28.5. The highest BCUT2D eigenvalue weighted by Crippen LogP contribution is 2.26. The molecule has 0 saturated carbocycles. The SMILES string of the molecule is CCCCCCc1cc(CCCCCC)cc(-c2nc(-c3ncc(C)c(C)n3)nc(-c3ncc(C)c(C)n3)n2)c1. The summed E-state index contributed by atoms with van der Waals surface area (Å²) in [6.07, 6.45) is 15.6. The predicted octanol–water partition coefficient (Wildman–Crippen LogP) is 7.93. The molecule has 0 aliphatic heterocycles. The fourth-order valence-corrected chi connectivity index (χ4v) is 4.67. The molecule has 1 aromatic carbocycles. The molecule has 0 bridgehead atoms. The molecule has 0 N–H and O–H groups in total. The Morgan fingerprint density at radius 3 is 1.35 bits per heavy atom. The summed E-state index contributed by atoms with van der Waals surface area (Å²) in [5.41, 5.74) is 7.54. The second-order valence-electron chi connectivity index (χ2n) is 10.9. The summed E-state index contributed by atoms with van der Waals surface area (Å²) in [6, 6.07) is 6.86. The zero-order valence-electron chi connectivity index (χ0n) is 25.1. The smallest absolute Gasteiger partial charge is 0.201 e. The second kappa shape index (κ2) is 14.1. The Kier molecular flexibility index (Phi) is 10.4. The Morgan fingerprint density at radius 1 is 0.475 bits per heavy atom. The molecule has 7 nitrogen and oxygen atoms in total. The van der Waals surface area contributed by atoms with Crippen LogP contribution in [0.2, 0.25) is 0 Å². The van der Waals surface area contributed by atoms with Gasteiger partial charge in [0, 0.05) is 29.3 Å². The van der Waals surface area contributed by atoms with Crippen molar-refractivity contribution in [2.24, 2.45) is 0 Å². The summed E-state index contributed by atoms with van der Waals surface area (Å²) >= 11 is 0. The Balaban J connectivity index is 1.81. The van der Waals surface area contributed by atoms with Crippen molar-refractivity contribution >= 4 is 0 Å². The molecule has 0 saturated heterocycles. The molecule has 4 rings (SSSR count). The summed E-state index contributed by atoms with van der Waals surface area (Å²) in [6.45, 7) is 12.5. The van der Waals surface area contributed by atoms with Crippen LogP contribution in [0.25, 0.3) is 34.7 Å². The van der Waals surface area contributed by atoms with Gasteiger partial charge in [-0.05, 0) is 87.8 Å². The van der Waals surface area contributed by atoms with E-state index in [2.05, 4.69) is 42.0 Å². The van der Waals surface area contributed by atoms with Gasteiger partial charge in [-0.2, -0.15) is 0 Å². The molecular weight excluding hydrogens is 494 g/mol. The van der Waals surface area contributed by atoms with Crippen LogP contribution in [0.3, 0.4) is 0 Å². The minimum atomic E-state index is 0.433. The molecule has 210 valence electrons. The predicted molar refractivity (Wildman–Crippen MR) is 162 cm³/mol. The van der Waals surface area contributed by atoms with Crippen LogP contribution >= 0.6 is 0 Å². The third-order valence-electron chi connectivity index (χ3n) is 7.43. The average Bonchev–Trinajstić information content (AvgIpc) is 2.96. The lowest BCUT2D eigenvalue weighted by molar-refractivity contribution is 0.661. The number of hydrogen-bond donors (Lipinski definition) is 0. The van der Waals surface area contributed by atoms with Gasteiger partial charge in [0.15, 0.2) is 17.5 Å². The highest BCUT2D eigenvalue weighted by atomic mass is 15.1. The van der Waals surface area contributed by atoms with Crippen molar-refractivity contribution in [2.45, 2.75) is 106 Å². The number of rotatable bonds is 13. The Morgan fingerprint density at radius 2 is 0.925 bits per heavy atom. The quantitative estimate of drug-likeness (QED) is 0.160. The van der Waals surface area contributed by atoms with Crippen LogP contribution in [0.4, 0.5) is 0 Å². The molecule has 3 aromatic heterocycles. The Hall–Kier alpha value is -3.61. The minimum Gasteiger partial charge on any atom is -0.233 e. The monoisotopic (exact) mass is 537 g/mol. The topological polar surface area (TPSA) is 90.2 Å². The molecular formula is C33H43N7. The standard InChI is InChI=1S/C33H43N7/c1-7-9-11-13-15-26-17-27(16-14-12-10-8-2)19-28(18-26)29-38-32(30-34-20-22(3)24(5)36-30)40-33(39-29)31-35-21-23(4)25(6)37-31/h17-21H,7-16H2,1-6H3. The van der Waals surface area contributed by atoms with Crippen molar-refractivity contribution in [3.8, 4) is 34.7 Å². The van der Waals surface area contributed by atoms with E-state index in [4.69, 9.17) is 24.9 Å². The molecule has 0 spiro atoms. The molecule has 0 radical (unpaired) electrons. The van der Waals surface area contributed by atoms with Gasteiger partial charge in [-0.25, -0.2) is 34.9 Å². The number of aryl methyl sites for hydroxylation is 6. The van der Waals surface area contributed by atoms with Gasteiger partial charge >= 0.3 is 0 Å². The number of unbranched alkanes of at least 4 members (excludes halogenated alkanes) is 6. The van der Waals surface area contributed by atoms with Crippen molar-refractivity contribution in [1.82, 2.24) is 34.9 Å². The lowest BCUT2D eigenvalue weighted by Crippen LogP contribution is -2.06. The first kappa shape index (κ1) is 29.4. The van der Waals surface area contributed by atoms with Crippen molar-refractivity contribution < 1.29 is 0 Å². The van der Waals surface area contributed by atoms with Crippen LogP contribution < -0.4 is 0 Å². The molecule has 7 heteroatoms. The average molecular weight is 538 g/mol. The molecule has 0 unspecified atom stereocenters.